The number of anilines is 2. The number of aliphatic hydroxyl groups is 1. The second-order valence-electron chi connectivity index (χ2n) is 5.65. The van der Waals surface area contributed by atoms with Gasteiger partial charge in [-0.2, -0.15) is 9.97 Å². The molecular weight excluding hydrogens is 268 g/mol. The zero-order valence-corrected chi connectivity index (χ0v) is 12.3. The average Bonchev–Trinajstić information content (AvgIpc) is 2.97. The molecule has 2 aromatic rings. The Balaban J connectivity index is 1.96. The van der Waals surface area contributed by atoms with Gasteiger partial charge in [-0.1, -0.05) is 19.3 Å². The van der Waals surface area contributed by atoms with Gasteiger partial charge in [0.15, 0.2) is 11.5 Å². The average molecular weight is 290 g/mol. The number of hydrogen-bond acceptors (Lipinski definition) is 6. The van der Waals surface area contributed by atoms with Crippen molar-refractivity contribution in [3.05, 3.63) is 6.33 Å². The van der Waals surface area contributed by atoms with E-state index >= 15 is 0 Å². The zero-order valence-electron chi connectivity index (χ0n) is 12.3. The maximum absolute atomic E-state index is 9.85. The molecule has 0 spiro atoms. The molecule has 0 aliphatic heterocycles. The van der Waals surface area contributed by atoms with Gasteiger partial charge >= 0.3 is 0 Å². The van der Waals surface area contributed by atoms with E-state index in [9.17, 15) is 5.11 Å². The molecular formula is C14H22N6O. The van der Waals surface area contributed by atoms with Crippen LogP contribution in [0.15, 0.2) is 6.33 Å². The van der Waals surface area contributed by atoms with Gasteiger partial charge in [-0.05, 0) is 19.8 Å². The minimum absolute atomic E-state index is 0.114. The fourth-order valence-electron chi connectivity index (χ4n) is 2.96. The van der Waals surface area contributed by atoms with Gasteiger partial charge in [-0.3, -0.25) is 0 Å². The van der Waals surface area contributed by atoms with E-state index in [0.717, 1.165) is 37.7 Å². The van der Waals surface area contributed by atoms with Crippen LogP contribution < -0.4 is 10.6 Å². The van der Waals surface area contributed by atoms with Gasteiger partial charge in [0.2, 0.25) is 5.95 Å². The van der Waals surface area contributed by atoms with E-state index in [2.05, 4.69) is 30.6 Å². The number of nitrogens with one attached hydrogen (secondary N) is 3. The Morgan fingerprint density at radius 1 is 1.29 bits per heavy atom. The van der Waals surface area contributed by atoms with Crippen LogP contribution in [-0.4, -0.2) is 43.7 Å². The highest BCUT2D eigenvalue weighted by Crippen LogP contribution is 2.32. The summed E-state index contributed by atoms with van der Waals surface area (Å²) in [6.45, 7) is 2.87. The molecule has 1 fully saturated rings. The lowest BCUT2D eigenvalue weighted by Crippen LogP contribution is -2.44. The van der Waals surface area contributed by atoms with Crippen molar-refractivity contribution in [1.29, 1.82) is 0 Å². The molecule has 2 aromatic heterocycles. The SMILES string of the molecule is CCNc1nc(NC2(CO)CCCCC2)c2[nH]cnc2n1. The second kappa shape index (κ2) is 5.85. The first-order chi connectivity index (χ1) is 10.3. The van der Waals surface area contributed by atoms with Crippen LogP contribution in [0.25, 0.3) is 11.2 Å². The molecule has 1 aliphatic rings. The number of aromatic amines is 1. The molecule has 0 saturated heterocycles. The summed E-state index contributed by atoms with van der Waals surface area (Å²) in [5, 5.41) is 16.4. The molecule has 2 heterocycles. The maximum Gasteiger partial charge on any atom is 0.226 e. The minimum atomic E-state index is -0.284. The molecule has 1 aliphatic carbocycles. The molecule has 114 valence electrons. The first-order valence-corrected chi connectivity index (χ1v) is 7.60. The van der Waals surface area contributed by atoms with Gasteiger partial charge < -0.3 is 20.7 Å². The molecule has 0 atom stereocenters. The van der Waals surface area contributed by atoms with E-state index < -0.39 is 0 Å². The summed E-state index contributed by atoms with van der Waals surface area (Å²) >= 11 is 0. The monoisotopic (exact) mass is 290 g/mol. The lowest BCUT2D eigenvalue weighted by Gasteiger charge is -2.37. The smallest absolute Gasteiger partial charge is 0.226 e. The standard InChI is InChI=1S/C14H22N6O/c1-2-15-13-18-11-10(16-9-17-11)12(19-13)20-14(8-21)6-4-3-5-7-14/h9,21H,2-8H2,1H3,(H3,15,16,17,18,19,20). The molecule has 7 heteroatoms. The van der Waals surface area contributed by atoms with E-state index in [-0.39, 0.29) is 12.1 Å². The predicted molar refractivity (Wildman–Crippen MR) is 82.4 cm³/mol. The molecule has 3 rings (SSSR count). The van der Waals surface area contributed by atoms with Crippen molar-refractivity contribution >= 4 is 22.9 Å². The highest BCUT2D eigenvalue weighted by Gasteiger charge is 2.32. The molecule has 0 unspecified atom stereocenters. The third kappa shape index (κ3) is 2.78. The predicted octanol–water partition coefficient (Wildman–Crippen LogP) is 1.89. The van der Waals surface area contributed by atoms with E-state index in [1.165, 1.54) is 6.42 Å². The van der Waals surface area contributed by atoms with Crippen molar-refractivity contribution in [3.63, 3.8) is 0 Å². The summed E-state index contributed by atoms with van der Waals surface area (Å²) in [5.74, 6) is 1.27. The van der Waals surface area contributed by atoms with Crippen LogP contribution in [0.1, 0.15) is 39.0 Å². The van der Waals surface area contributed by atoms with E-state index in [1.54, 1.807) is 6.33 Å². The lowest BCUT2D eigenvalue weighted by molar-refractivity contribution is 0.172. The number of fused-ring (bicyclic) bond motifs is 1. The van der Waals surface area contributed by atoms with Crippen LogP contribution in [0.4, 0.5) is 11.8 Å². The maximum atomic E-state index is 9.85. The Hall–Kier alpha value is -1.89. The van der Waals surface area contributed by atoms with E-state index in [0.29, 0.717) is 17.4 Å². The number of nitrogens with zero attached hydrogens (tertiary/aromatic N) is 3. The van der Waals surface area contributed by atoms with Crippen molar-refractivity contribution in [2.24, 2.45) is 0 Å². The molecule has 0 radical (unpaired) electrons. The molecule has 4 N–H and O–H groups in total. The lowest BCUT2D eigenvalue weighted by atomic mass is 9.82. The summed E-state index contributed by atoms with van der Waals surface area (Å²) in [7, 11) is 0. The zero-order chi connectivity index (χ0) is 14.7. The Labute approximate surface area is 123 Å². The quantitative estimate of drug-likeness (QED) is 0.671. The minimum Gasteiger partial charge on any atom is -0.394 e. The summed E-state index contributed by atoms with van der Waals surface area (Å²) in [5.41, 5.74) is 1.14. The Kier molecular flexibility index (Phi) is 3.92. The van der Waals surface area contributed by atoms with Crippen molar-refractivity contribution in [2.45, 2.75) is 44.6 Å². The Morgan fingerprint density at radius 3 is 2.81 bits per heavy atom. The van der Waals surface area contributed by atoms with Gasteiger partial charge in [0, 0.05) is 6.54 Å². The van der Waals surface area contributed by atoms with Crippen LogP contribution in [0.3, 0.4) is 0 Å². The van der Waals surface area contributed by atoms with Crippen LogP contribution >= 0.6 is 0 Å². The number of H-pyrrole nitrogens is 1. The van der Waals surface area contributed by atoms with Crippen LogP contribution in [0.5, 0.6) is 0 Å². The van der Waals surface area contributed by atoms with Crippen molar-refractivity contribution in [1.82, 2.24) is 19.9 Å². The normalized spacial score (nSPS) is 17.8. The van der Waals surface area contributed by atoms with Gasteiger partial charge in [0.25, 0.3) is 0 Å². The molecule has 7 nitrogen and oxygen atoms in total. The Bertz CT molecular complexity index is 605. The summed E-state index contributed by atoms with van der Waals surface area (Å²) in [4.78, 5) is 16.2. The van der Waals surface area contributed by atoms with Crippen LogP contribution in [0.2, 0.25) is 0 Å². The van der Waals surface area contributed by atoms with Gasteiger partial charge in [0.05, 0.1) is 18.5 Å². The number of aliphatic hydroxyl groups excluding tert-OH is 1. The highest BCUT2D eigenvalue weighted by molar-refractivity contribution is 5.84. The van der Waals surface area contributed by atoms with Gasteiger partial charge in [0.1, 0.15) is 5.52 Å². The third-order valence-electron chi connectivity index (χ3n) is 4.12. The highest BCUT2D eigenvalue weighted by atomic mass is 16.3. The molecule has 1 saturated carbocycles. The molecule has 0 amide bonds. The van der Waals surface area contributed by atoms with Gasteiger partial charge in [-0.25, -0.2) is 4.98 Å². The number of aromatic nitrogens is 4. The largest absolute Gasteiger partial charge is 0.394 e. The number of imidazole rings is 1. The van der Waals surface area contributed by atoms with Crippen LogP contribution in [-0.2, 0) is 0 Å². The second-order valence-corrected chi connectivity index (χ2v) is 5.65. The molecule has 21 heavy (non-hydrogen) atoms. The van der Waals surface area contributed by atoms with E-state index in [4.69, 9.17) is 0 Å². The van der Waals surface area contributed by atoms with Crippen molar-refractivity contribution in [2.75, 3.05) is 23.8 Å². The van der Waals surface area contributed by atoms with E-state index in [1.807, 2.05) is 6.92 Å². The summed E-state index contributed by atoms with van der Waals surface area (Å²) in [6.07, 6.45) is 7.02. The summed E-state index contributed by atoms with van der Waals surface area (Å²) < 4.78 is 0. The topological polar surface area (TPSA) is 98.8 Å². The fourth-order valence-corrected chi connectivity index (χ4v) is 2.96. The summed E-state index contributed by atoms with van der Waals surface area (Å²) in [6, 6.07) is 0. The fraction of sp³-hybridized carbons (Fsp3) is 0.643. The molecule has 0 bridgehead atoms. The third-order valence-corrected chi connectivity index (χ3v) is 4.12. The Morgan fingerprint density at radius 2 is 2.10 bits per heavy atom. The molecule has 0 aromatic carbocycles. The van der Waals surface area contributed by atoms with Crippen molar-refractivity contribution < 1.29 is 5.11 Å². The van der Waals surface area contributed by atoms with Crippen LogP contribution in [0, 0.1) is 0 Å². The van der Waals surface area contributed by atoms with Gasteiger partial charge in [-0.15, -0.1) is 0 Å². The van der Waals surface area contributed by atoms with Crippen molar-refractivity contribution in [3.8, 4) is 0 Å². The first kappa shape index (κ1) is 14.1. The first-order valence-electron chi connectivity index (χ1n) is 7.60. The number of rotatable bonds is 5. The number of hydrogen-bond donors (Lipinski definition) is 4.